The maximum Gasteiger partial charge on any atom is 0.0465 e. The smallest absolute Gasteiger partial charge is 0.0465 e. The van der Waals surface area contributed by atoms with Crippen LogP contribution >= 0.6 is 23.2 Å². The van der Waals surface area contributed by atoms with Gasteiger partial charge in [-0.2, -0.15) is 0 Å². The average molecular weight is 281 g/mol. The molecule has 0 aliphatic rings. The molecule has 0 heterocycles. The van der Waals surface area contributed by atoms with Gasteiger partial charge >= 0.3 is 0 Å². The first kappa shape index (κ1) is 13.2. The predicted molar refractivity (Wildman–Crippen MR) is 77.9 cm³/mol. The van der Waals surface area contributed by atoms with Crippen molar-refractivity contribution in [3.63, 3.8) is 0 Å². The van der Waals surface area contributed by atoms with Gasteiger partial charge in [-0.15, -0.1) is 0 Å². The van der Waals surface area contributed by atoms with Gasteiger partial charge < -0.3 is 11.1 Å². The predicted octanol–water partition coefficient (Wildman–Crippen LogP) is 3.87. The lowest BCUT2D eigenvalue weighted by molar-refractivity contribution is 0.695. The molecule has 0 bridgehead atoms. The molecule has 0 amide bonds. The van der Waals surface area contributed by atoms with E-state index in [1.165, 1.54) is 0 Å². The van der Waals surface area contributed by atoms with Gasteiger partial charge in [0, 0.05) is 34.4 Å². The number of rotatable bonds is 4. The summed E-state index contributed by atoms with van der Waals surface area (Å²) in [6.45, 7) is 1.31. The Hall–Kier alpha value is -1.22. The number of para-hydroxylation sites is 1. The summed E-state index contributed by atoms with van der Waals surface area (Å²) in [6.07, 6.45) is 0. The van der Waals surface area contributed by atoms with Crippen molar-refractivity contribution < 1.29 is 0 Å². The van der Waals surface area contributed by atoms with Crippen molar-refractivity contribution in [2.45, 2.75) is 13.1 Å². The second-order valence-corrected chi connectivity index (χ2v) is 4.82. The minimum atomic E-state index is 0.618. The summed E-state index contributed by atoms with van der Waals surface area (Å²) in [5.74, 6) is 0. The molecule has 0 unspecified atom stereocenters. The van der Waals surface area contributed by atoms with E-state index in [-0.39, 0.29) is 0 Å². The lowest BCUT2D eigenvalue weighted by Crippen LogP contribution is -2.14. The molecule has 2 aromatic rings. The summed E-state index contributed by atoms with van der Waals surface area (Å²) in [5.41, 5.74) is 8.64. The monoisotopic (exact) mass is 280 g/mol. The maximum atomic E-state index is 6.09. The van der Waals surface area contributed by atoms with Crippen LogP contribution in [0.2, 0.25) is 10.0 Å². The van der Waals surface area contributed by atoms with E-state index >= 15 is 0 Å². The van der Waals surface area contributed by atoms with E-state index in [0.717, 1.165) is 16.8 Å². The zero-order valence-corrected chi connectivity index (χ0v) is 11.3. The van der Waals surface area contributed by atoms with Crippen LogP contribution in [0, 0.1) is 0 Å². The number of hydrogen-bond donors (Lipinski definition) is 2. The van der Waals surface area contributed by atoms with Gasteiger partial charge in [-0.25, -0.2) is 0 Å². The van der Waals surface area contributed by atoms with Gasteiger partial charge in [0.2, 0.25) is 0 Å². The number of anilines is 1. The molecule has 2 rings (SSSR count). The number of halogens is 2. The normalized spacial score (nSPS) is 10.6. The Bertz CT molecular complexity index is 521. The van der Waals surface area contributed by atoms with Crippen molar-refractivity contribution in [3.05, 3.63) is 63.6 Å². The Morgan fingerprint density at radius 1 is 0.889 bits per heavy atom. The van der Waals surface area contributed by atoms with Gasteiger partial charge in [-0.3, -0.25) is 0 Å². The molecule has 0 aliphatic carbocycles. The molecule has 2 aromatic carbocycles. The van der Waals surface area contributed by atoms with Crippen LogP contribution in [0.3, 0.4) is 0 Å². The Labute approximate surface area is 117 Å². The van der Waals surface area contributed by atoms with Gasteiger partial charge in [0.05, 0.1) is 0 Å². The van der Waals surface area contributed by atoms with Crippen molar-refractivity contribution in [3.8, 4) is 0 Å². The van der Waals surface area contributed by atoms with E-state index < -0.39 is 0 Å². The van der Waals surface area contributed by atoms with Crippen LogP contribution in [0.15, 0.2) is 42.5 Å². The van der Waals surface area contributed by atoms with E-state index in [1.807, 2.05) is 42.5 Å². The first-order valence-corrected chi connectivity index (χ1v) is 6.41. The van der Waals surface area contributed by atoms with E-state index in [2.05, 4.69) is 5.32 Å². The Morgan fingerprint density at radius 2 is 1.56 bits per heavy atom. The van der Waals surface area contributed by atoms with Crippen LogP contribution in [0.4, 0.5) is 5.69 Å². The number of nitrogens with one attached hydrogen (secondary N) is 1. The Kier molecular flexibility index (Phi) is 4.48. The molecule has 0 saturated carbocycles. The Balaban J connectivity index is 1.99. The number of nitrogen functional groups attached to an aromatic ring is 1. The molecule has 0 fully saturated rings. The number of benzene rings is 2. The van der Waals surface area contributed by atoms with Crippen LogP contribution in [0.1, 0.15) is 11.1 Å². The van der Waals surface area contributed by atoms with Gasteiger partial charge in [-0.05, 0) is 23.8 Å². The highest BCUT2D eigenvalue weighted by molar-refractivity contribution is 6.35. The van der Waals surface area contributed by atoms with Crippen LogP contribution in [0.25, 0.3) is 0 Å². The summed E-state index contributed by atoms with van der Waals surface area (Å²) < 4.78 is 0. The molecule has 18 heavy (non-hydrogen) atoms. The number of hydrogen-bond acceptors (Lipinski definition) is 2. The molecule has 0 aromatic heterocycles. The summed E-state index contributed by atoms with van der Waals surface area (Å²) >= 11 is 12.2. The second kappa shape index (κ2) is 6.10. The summed E-state index contributed by atoms with van der Waals surface area (Å²) in [6, 6.07) is 13.3. The zero-order valence-electron chi connectivity index (χ0n) is 9.79. The first-order chi connectivity index (χ1) is 8.68. The molecule has 0 aliphatic heterocycles. The average Bonchev–Trinajstić information content (AvgIpc) is 2.35. The fourth-order valence-corrected chi connectivity index (χ4v) is 2.25. The van der Waals surface area contributed by atoms with Crippen molar-refractivity contribution in [2.75, 3.05) is 5.73 Å². The standard InChI is InChI=1S/C14H14Cl2N2/c15-12-5-3-6-13(16)11(12)9-18-8-10-4-1-2-7-14(10)17/h1-7,18H,8-9,17H2. The third kappa shape index (κ3) is 3.16. The summed E-state index contributed by atoms with van der Waals surface area (Å²) in [7, 11) is 0. The molecule has 94 valence electrons. The van der Waals surface area contributed by atoms with Crippen molar-refractivity contribution in [1.29, 1.82) is 0 Å². The van der Waals surface area contributed by atoms with E-state index in [0.29, 0.717) is 23.1 Å². The second-order valence-electron chi connectivity index (χ2n) is 4.00. The molecule has 3 N–H and O–H groups in total. The van der Waals surface area contributed by atoms with Crippen LogP contribution < -0.4 is 11.1 Å². The first-order valence-electron chi connectivity index (χ1n) is 5.65. The van der Waals surface area contributed by atoms with E-state index in [4.69, 9.17) is 28.9 Å². The Morgan fingerprint density at radius 3 is 2.22 bits per heavy atom. The highest BCUT2D eigenvalue weighted by atomic mass is 35.5. The lowest BCUT2D eigenvalue weighted by atomic mass is 10.1. The zero-order chi connectivity index (χ0) is 13.0. The molecular weight excluding hydrogens is 267 g/mol. The fraction of sp³-hybridized carbons (Fsp3) is 0.143. The van der Waals surface area contributed by atoms with Crippen LogP contribution in [0.5, 0.6) is 0 Å². The molecule has 0 radical (unpaired) electrons. The molecular formula is C14H14Cl2N2. The van der Waals surface area contributed by atoms with Crippen LogP contribution in [-0.4, -0.2) is 0 Å². The quantitative estimate of drug-likeness (QED) is 0.835. The molecule has 4 heteroatoms. The third-order valence-corrected chi connectivity index (χ3v) is 3.44. The van der Waals surface area contributed by atoms with Crippen molar-refractivity contribution in [1.82, 2.24) is 5.32 Å². The van der Waals surface area contributed by atoms with Crippen LogP contribution in [-0.2, 0) is 13.1 Å². The highest BCUT2D eigenvalue weighted by Crippen LogP contribution is 2.24. The van der Waals surface area contributed by atoms with E-state index in [1.54, 1.807) is 0 Å². The SMILES string of the molecule is Nc1ccccc1CNCc1c(Cl)cccc1Cl. The summed E-state index contributed by atoms with van der Waals surface area (Å²) in [5, 5.41) is 4.65. The van der Waals surface area contributed by atoms with Crippen molar-refractivity contribution >= 4 is 28.9 Å². The maximum absolute atomic E-state index is 6.09. The minimum absolute atomic E-state index is 0.618. The van der Waals surface area contributed by atoms with Crippen molar-refractivity contribution in [2.24, 2.45) is 0 Å². The molecule has 0 saturated heterocycles. The largest absolute Gasteiger partial charge is 0.398 e. The van der Waals surface area contributed by atoms with E-state index in [9.17, 15) is 0 Å². The molecule has 2 nitrogen and oxygen atoms in total. The summed E-state index contributed by atoms with van der Waals surface area (Å²) in [4.78, 5) is 0. The lowest BCUT2D eigenvalue weighted by Gasteiger charge is -2.10. The molecule has 0 spiro atoms. The van der Waals surface area contributed by atoms with Gasteiger partial charge in [-0.1, -0.05) is 47.5 Å². The molecule has 0 atom stereocenters. The van der Waals surface area contributed by atoms with Gasteiger partial charge in [0.25, 0.3) is 0 Å². The number of nitrogens with two attached hydrogens (primary N) is 1. The topological polar surface area (TPSA) is 38.0 Å². The van der Waals surface area contributed by atoms with Gasteiger partial charge in [0.15, 0.2) is 0 Å². The fourth-order valence-electron chi connectivity index (χ4n) is 1.72. The van der Waals surface area contributed by atoms with Gasteiger partial charge in [0.1, 0.15) is 0 Å². The third-order valence-electron chi connectivity index (χ3n) is 2.73. The highest BCUT2D eigenvalue weighted by Gasteiger charge is 2.05. The minimum Gasteiger partial charge on any atom is -0.398 e.